The third-order valence-corrected chi connectivity index (χ3v) is 2.40. The zero-order valence-corrected chi connectivity index (χ0v) is 14.9. The van der Waals surface area contributed by atoms with Crippen molar-refractivity contribution in [3.63, 3.8) is 0 Å². The second-order valence-corrected chi connectivity index (χ2v) is 7.20. The second kappa shape index (κ2) is 8.00. The number of hydrogen-bond donors (Lipinski definition) is 0. The minimum Gasteiger partial charge on any atom is -0.488 e. The summed E-state index contributed by atoms with van der Waals surface area (Å²) in [6.45, 7) is 12.0. The molecule has 0 aromatic heterocycles. The van der Waals surface area contributed by atoms with E-state index in [2.05, 4.69) is 0 Å². The molecule has 0 aliphatic rings. The van der Waals surface area contributed by atoms with Gasteiger partial charge in [0.1, 0.15) is 28.5 Å². The molecule has 3 heteroatoms. The third kappa shape index (κ3) is 9.56. The topological polar surface area (TPSA) is 18.5 Å². The van der Waals surface area contributed by atoms with E-state index in [4.69, 9.17) is 9.47 Å². The smallest absolute Gasteiger partial charge is 0.123 e. The minimum absolute atomic E-state index is 0.0959. The van der Waals surface area contributed by atoms with Gasteiger partial charge in [0.05, 0.1) is 0 Å². The molecule has 2 aromatic rings. The molecule has 0 aliphatic carbocycles. The van der Waals surface area contributed by atoms with Gasteiger partial charge in [-0.25, -0.2) is 4.39 Å². The molecule has 0 saturated heterocycles. The molecule has 0 atom stereocenters. The molecule has 23 heavy (non-hydrogen) atoms. The van der Waals surface area contributed by atoms with Gasteiger partial charge in [0.2, 0.25) is 0 Å². The molecule has 0 aliphatic heterocycles. The van der Waals surface area contributed by atoms with E-state index in [1.165, 1.54) is 12.1 Å². The van der Waals surface area contributed by atoms with Gasteiger partial charge in [-0.05, 0) is 77.9 Å². The number of rotatable bonds is 2. The van der Waals surface area contributed by atoms with Crippen LogP contribution in [0.1, 0.15) is 41.5 Å². The van der Waals surface area contributed by atoms with Crippen molar-refractivity contribution in [1.82, 2.24) is 0 Å². The van der Waals surface area contributed by atoms with Gasteiger partial charge in [0.25, 0.3) is 0 Å². The first-order valence-corrected chi connectivity index (χ1v) is 7.74. The molecule has 0 bridgehead atoms. The first-order valence-electron chi connectivity index (χ1n) is 7.74. The summed E-state index contributed by atoms with van der Waals surface area (Å²) < 4.78 is 23.6. The van der Waals surface area contributed by atoms with Crippen LogP contribution in [-0.2, 0) is 0 Å². The Bertz CT molecular complexity index is 563. The van der Waals surface area contributed by atoms with Crippen LogP contribution < -0.4 is 9.47 Å². The number of para-hydroxylation sites is 1. The maximum absolute atomic E-state index is 12.5. The van der Waals surface area contributed by atoms with Gasteiger partial charge in [0.15, 0.2) is 0 Å². The summed E-state index contributed by atoms with van der Waals surface area (Å²) in [7, 11) is 0. The molecule has 2 aromatic carbocycles. The Balaban J connectivity index is 0.000000231. The Kier molecular flexibility index (Phi) is 6.62. The standard InChI is InChI=1S/C10H13FO.C10H14O/c1-10(2,3)12-9-6-4-8(11)5-7-9;1-10(2,3)11-9-7-5-4-6-8-9/h4-7H,1-3H3;4-8H,1-3H3. The summed E-state index contributed by atoms with van der Waals surface area (Å²) in [5.74, 6) is 1.39. The van der Waals surface area contributed by atoms with Gasteiger partial charge in [0, 0.05) is 0 Å². The summed E-state index contributed by atoms with van der Waals surface area (Å²) in [4.78, 5) is 0. The summed E-state index contributed by atoms with van der Waals surface area (Å²) in [6, 6.07) is 15.9. The van der Waals surface area contributed by atoms with Gasteiger partial charge in [-0.15, -0.1) is 0 Å². The van der Waals surface area contributed by atoms with Crippen LogP contribution in [0, 0.1) is 5.82 Å². The molecule has 0 saturated carbocycles. The van der Waals surface area contributed by atoms with Gasteiger partial charge in [-0.2, -0.15) is 0 Å². The summed E-state index contributed by atoms with van der Waals surface area (Å²) in [5, 5.41) is 0. The molecule has 0 unspecified atom stereocenters. The lowest BCUT2D eigenvalue weighted by Crippen LogP contribution is -2.22. The molecule has 0 heterocycles. The minimum atomic E-state index is -0.240. The Morgan fingerprint density at radius 2 is 1.00 bits per heavy atom. The largest absolute Gasteiger partial charge is 0.488 e. The fourth-order valence-electron chi connectivity index (χ4n) is 1.70. The van der Waals surface area contributed by atoms with Gasteiger partial charge < -0.3 is 9.47 Å². The number of benzene rings is 2. The van der Waals surface area contributed by atoms with Crippen LogP contribution in [0.15, 0.2) is 54.6 Å². The van der Waals surface area contributed by atoms with Crippen molar-refractivity contribution in [2.75, 3.05) is 0 Å². The molecule has 0 fully saturated rings. The van der Waals surface area contributed by atoms with E-state index >= 15 is 0 Å². The van der Waals surface area contributed by atoms with E-state index < -0.39 is 0 Å². The van der Waals surface area contributed by atoms with E-state index in [0.717, 1.165) is 5.75 Å². The Morgan fingerprint density at radius 3 is 1.39 bits per heavy atom. The lowest BCUT2D eigenvalue weighted by Gasteiger charge is -2.20. The van der Waals surface area contributed by atoms with Crippen LogP contribution in [0.2, 0.25) is 0 Å². The highest BCUT2D eigenvalue weighted by Crippen LogP contribution is 2.18. The highest BCUT2D eigenvalue weighted by molar-refractivity contribution is 5.23. The van der Waals surface area contributed by atoms with E-state index in [9.17, 15) is 4.39 Å². The quantitative estimate of drug-likeness (QED) is 0.689. The lowest BCUT2D eigenvalue weighted by atomic mass is 10.2. The SMILES string of the molecule is CC(C)(C)Oc1ccc(F)cc1.CC(C)(C)Oc1ccccc1. The van der Waals surface area contributed by atoms with E-state index in [1.54, 1.807) is 12.1 Å². The third-order valence-electron chi connectivity index (χ3n) is 2.40. The monoisotopic (exact) mass is 318 g/mol. The lowest BCUT2D eigenvalue weighted by molar-refractivity contribution is 0.130. The highest BCUT2D eigenvalue weighted by Gasteiger charge is 2.11. The Hall–Kier alpha value is -2.03. The maximum atomic E-state index is 12.5. The Labute approximate surface area is 139 Å². The molecule has 0 radical (unpaired) electrons. The van der Waals surface area contributed by atoms with Crippen LogP contribution in [-0.4, -0.2) is 11.2 Å². The molecule has 2 nitrogen and oxygen atoms in total. The average molecular weight is 318 g/mol. The fourth-order valence-corrected chi connectivity index (χ4v) is 1.70. The predicted octanol–water partition coefficient (Wildman–Crippen LogP) is 5.87. The van der Waals surface area contributed by atoms with Gasteiger partial charge in [-0.1, -0.05) is 18.2 Å². The van der Waals surface area contributed by atoms with Crippen LogP contribution in [0.5, 0.6) is 11.5 Å². The van der Waals surface area contributed by atoms with Crippen molar-refractivity contribution < 1.29 is 13.9 Å². The highest BCUT2D eigenvalue weighted by atomic mass is 19.1. The van der Waals surface area contributed by atoms with Crippen molar-refractivity contribution in [3.05, 3.63) is 60.4 Å². The van der Waals surface area contributed by atoms with Gasteiger partial charge in [-0.3, -0.25) is 0 Å². The second-order valence-electron chi connectivity index (χ2n) is 7.20. The normalized spacial score (nSPS) is 11.3. The average Bonchev–Trinajstić information content (AvgIpc) is 2.40. The summed E-state index contributed by atoms with van der Waals surface area (Å²) >= 11 is 0. The van der Waals surface area contributed by atoms with Crippen molar-refractivity contribution in [2.45, 2.75) is 52.7 Å². The number of halogens is 1. The van der Waals surface area contributed by atoms with Crippen LogP contribution >= 0.6 is 0 Å². The predicted molar refractivity (Wildman–Crippen MR) is 93.6 cm³/mol. The fraction of sp³-hybridized carbons (Fsp3) is 0.400. The summed E-state index contributed by atoms with van der Waals surface area (Å²) in [5.41, 5.74) is -0.320. The first kappa shape index (κ1) is 19.0. The first-order chi connectivity index (χ1) is 10.6. The summed E-state index contributed by atoms with van der Waals surface area (Å²) in [6.07, 6.45) is 0. The van der Waals surface area contributed by atoms with Crippen molar-refractivity contribution in [3.8, 4) is 11.5 Å². The molecular formula is C20H27FO2. The van der Waals surface area contributed by atoms with Crippen molar-refractivity contribution in [1.29, 1.82) is 0 Å². The van der Waals surface area contributed by atoms with Crippen LogP contribution in [0.25, 0.3) is 0 Å². The number of ether oxygens (including phenoxy) is 2. The van der Waals surface area contributed by atoms with E-state index in [0.29, 0.717) is 5.75 Å². The molecule has 126 valence electrons. The van der Waals surface area contributed by atoms with Crippen molar-refractivity contribution in [2.24, 2.45) is 0 Å². The number of hydrogen-bond acceptors (Lipinski definition) is 2. The molecule has 0 amide bonds. The zero-order valence-electron chi connectivity index (χ0n) is 14.9. The Morgan fingerprint density at radius 1 is 0.609 bits per heavy atom. The zero-order chi connectivity index (χ0) is 17.5. The van der Waals surface area contributed by atoms with Crippen LogP contribution in [0.3, 0.4) is 0 Å². The van der Waals surface area contributed by atoms with E-state index in [1.807, 2.05) is 71.9 Å². The molecule has 0 spiro atoms. The maximum Gasteiger partial charge on any atom is 0.123 e. The van der Waals surface area contributed by atoms with E-state index in [-0.39, 0.29) is 17.0 Å². The molecule has 2 rings (SSSR count). The molecule has 0 N–H and O–H groups in total. The van der Waals surface area contributed by atoms with Crippen molar-refractivity contribution >= 4 is 0 Å². The van der Waals surface area contributed by atoms with Gasteiger partial charge >= 0.3 is 0 Å². The van der Waals surface area contributed by atoms with Crippen LogP contribution in [0.4, 0.5) is 4.39 Å². The molecular weight excluding hydrogens is 291 g/mol.